The van der Waals surface area contributed by atoms with E-state index in [1.54, 1.807) is 26.8 Å². The molecule has 1 N–H and O–H groups in total. The number of nitrogens with one attached hydrogen (secondary N) is 1. The quantitative estimate of drug-likeness (QED) is 0.381. The van der Waals surface area contributed by atoms with Gasteiger partial charge in [0.2, 0.25) is 0 Å². The minimum atomic E-state index is -0.433. The highest BCUT2D eigenvalue weighted by atomic mass is 16.5. The van der Waals surface area contributed by atoms with Crippen molar-refractivity contribution in [3.8, 4) is 0 Å². The van der Waals surface area contributed by atoms with Crippen LogP contribution in [0.5, 0.6) is 0 Å². The van der Waals surface area contributed by atoms with Crippen molar-refractivity contribution in [1.82, 2.24) is 0 Å². The Labute approximate surface area is 66.6 Å². The van der Waals surface area contributed by atoms with E-state index in [2.05, 4.69) is 0 Å². The van der Waals surface area contributed by atoms with Gasteiger partial charge in [0, 0.05) is 6.21 Å². The predicted molar refractivity (Wildman–Crippen MR) is 43.8 cm³/mol. The average molecular weight is 155 g/mol. The first-order valence-electron chi connectivity index (χ1n) is 3.49. The number of allylic oxidation sites excluding steroid dienone is 1. The van der Waals surface area contributed by atoms with E-state index in [0.717, 1.165) is 6.21 Å². The number of esters is 1. The van der Waals surface area contributed by atoms with Gasteiger partial charge in [-0.15, -0.1) is 0 Å². The molecule has 0 unspecified atom stereocenters. The fourth-order valence-electron chi connectivity index (χ4n) is 0.542. The maximum atomic E-state index is 11.0. The zero-order valence-electron chi connectivity index (χ0n) is 7.05. The number of carbonyl (C=O) groups excluding carboxylic acids is 1. The van der Waals surface area contributed by atoms with Gasteiger partial charge in [-0.05, 0) is 20.8 Å². The molecule has 0 saturated heterocycles. The molecule has 0 aliphatic carbocycles. The zero-order chi connectivity index (χ0) is 8.85. The smallest absolute Gasteiger partial charge is 0.339 e. The first-order chi connectivity index (χ1) is 5.11. The summed E-state index contributed by atoms with van der Waals surface area (Å²) in [5, 5.41) is 6.84. The monoisotopic (exact) mass is 155 g/mol. The molecule has 0 spiro atoms. The van der Waals surface area contributed by atoms with Crippen molar-refractivity contribution in [3.63, 3.8) is 0 Å². The van der Waals surface area contributed by atoms with Crippen molar-refractivity contribution in [2.24, 2.45) is 0 Å². The molecule has 11 heavy (non-hydrogen) atoms. The van der Waals surface area contributed by atoms with Crippen molar-refractivity contribution >= 4 is 12.2 Å². The lowest BCUT2D eigenvalue weighted by atomic mass is 10.3. The first kappa shape index (κ1) is 9.88. The zero-order valence-corrected chi connectivity index (χ0v) is 7.05. The second-order valence-corrected chi connectivity index (χ2v) is 2.34. The number of hydrogen-bond donors (Lipinski definition) is 1. The van der Waals surface area contributed by atoms with Crippen LogP contribution in [0, 0.1) is 5.41 Å². The van der Waals surface area contributed by atoms with Crippen LogP contribution in [0.1, 0.15) is 20.8 Å². The molecule has 0 heterocycles. The Morgan fingerprint density at radius 1 is 1.55 bits per heavy atom. The van der Waals surface area contributed by atoms with E-state index in [9.17, 15) is 4.79 Å². The SMILES string of the molecule is CC=C(C=N)C(=O)OC(C)C. The number of carbonyl (C=O) groups is 1. The van der Waals surface area contributed by atoms with Gasteiger partial charge in [-0.2, -0.15) is 0 Å². The molecule has 0 fully saturated rings. The van der Waals surface area contributed by atoms with Crippen molar-refractivity contribution in [2.75, 3.05) is 0 Å². The summed E-state index contributed by atoms with van der Waals surface area (Å²) >= 11 is 0. The second kappa shape index (κ2) is 4.66. The molecule has 0 aromatic carbocycles. The van der Waals surface area contributed by atoms with Gasteiger partial charge >= 0.3 is 5.97 Å². The number of ether oxygens (including phenoxy) is 1. The summed E-state index contributed by atoms with van der Waals surface area (Å²) < 4.78 is 4.84. The Morgan fingerprint density at radius 3 is 2.36 bits per heavy atom. The summed E-state index contributed by atoms with van der Waals surface area (Å²) in [4.78, 5) is 11.0. The lowest BCUT2D eigenvalue weighted by Crippen LogP contribution is -2.13. The average Bonchev–Trinajstić information content (AvgIpc) is 1.88. The molecule has 62 valence electrons. The highest BCUT2D eigenvalue weighted by molar-refractivity contribution is 6.08. The topological polar surface area (TPSA) is 50.2 Å². The molecule has 0 aromatic rings. The molecule has 0 atom stereocenters. The Morgan fingerprint density at radius 2 is 2.09 bits per heavy atom. The van der Waals surface area contributed by atoms with Crippen LogP contribution < -0.4 is 0 Å². The molecule has 0 radical (unpaired) electrons. The summed E-state index contributed by atoms with van der Waals surface area (Å²) in [5.74, 6) is -0.433. The summed E-state index contributed by atoms with van der Waals surface area (Å²) in [6.45, 7) is 5.24. The third-order valence-electron chi connectivity index (χ3n) is 1.04. The lowest BCUT2D eigenvalue weighted by Gasteiger charge is -2.06. The summed E-state index contributed by atoms with van der Waals surface area (Å²) in [6, 6.07) is 0. The summed E-state index contributed by atoms with van der Waals surface area (Å²) in [6.07, 6.45) is 2.42. The lowest BCUT2D eigenvalue weighted by molar-refractivity contribution is -0.141. The molecule has 3 heteroatoms. The Kier molecular flexibility index (Phi) is 4.18. The maximum absolute atomic E-state index is 11.0. The second-order valence-electron chi connectivity index (χ2n) is 2.34. The highest BCUT2D eigenvalue weighted by Crippen LogP contribution is 1.97. The molecule has 0 rings (SSSR count). The van der Waals surface area contributed by atoms with E-state index in [1.165, 1.54) is 0 Å². The summed E-state index contributed by atoms with van der Waals surface area (Å²) in [7, 11) is 0. The Bertz CT molecular complexity index is 183. The van der Waals surface area contributed by atoms with Crippen LogP contribution in [0.4, 0.5) is 0 Å². The minimum Gasteiger partial charge on any atom is -0.459 e. The predicted octanol–water partition coefficient (Wildman–Crippen LogP) is 1.53. The van der Waals surface area contributed by atoms with Crippen LogP contribution in [0.25, 0.3) is 0 Å². The maximum Gasteiger partial charge on any atom is 0.339 e. The largest absolute Gasteiger partial charge is 0.459 e. The van der Waals surface area contributed by atoms with Gasteiger partial charge < -0.3 is 10.1 Å². The molecule has 0 aliphatic heterocycles. The minimum absolute atomic E-state index is 0.127. The molecule has 0 amide bonds. The standard InChI is InChI=1S/C8H13NO2/c1-4-7(5-9)8(10)11-6(2)3/h4-6,9H,1-3H3. The third-order valence-corrected chi connectivity index (χ3v) is 1.04. The van der Waals surface area contributed by atoms with Crippen LogP contribution in [0.2, 0.25) is 0 Å². The van der Waals surface area contributed by atoms with E-state index in [1.807, 2.05) is 0 Å². The van der Waals surface area contributed by atoms with Gasteiger partial charge in [-0.3, -0.25) is 0 Å². The van der Waals surface area contributed by atoms with Gasteiger partial charge in [0.15, 0.2) is 0 Å². The fourth-order valence-corrected chi connectivity index (χ4v) is 0.542. The van der Waals surface area contributed by atoms with E-state index in [0.29, 0.717) is 5.57 Å². The van der Waals surface area contributed by atoms with Crippen molar-refractivity contribution in [3.05, 3.63) is 11.6 Å². The number of rotatable bonds is 3. The molecular formula is C8H13NO2. The van der Waals surface area contributed by atoms with E-state index < -0.39 is 5.97 Å². The van der Waals surface area contributed by atoms with Gasteiger partial charge in [0.25, 0.3) is 0 Å². The van der Waals surface area contributed by atoms with Crippen LogP contribution in [-0.2, 0) is 9.53 Å². The van der Waals surface area contributed by atoms with Gasteiger partial charge in [-0.1, -0.05) is 6.08 Å². The fraction of sp³-hybridized carbons (Fsp3) is 0.500. The van der Waals surface area contributed by atoms with Crippen LogP contribution in [-0.4, -0.2) is 18.3 Å². The van der Waals surface area contributed by atoms with Crippen molar-refractivity contribution in [2.45, 2.75) is 26.9 Å². The number of hydrogen-bond acceptors (Lipinski definition) is 3. The van der Waals surface area contributed by atoms with E-state index in [4.69, 9.17) is 10.1 Å². The van der Waals surface area contributed by atoms with Crippen molar-refractivity contribution in [1.29, 1.82) is 5.41 Å². The summed E-state index contributed by atoms with van der Waals surface area (Å²) in [5.41, 5.74) is 0.290. The molecule has 3 nitrogen and oxygen atoms in total. The normalized spacial score (nSPS) is 11.5. The van der Waals surface area contributed by atoms with Crippen LogP contribution >= 0.6 is 0 Å². The Balaban J connectivity index is 4.12. The van der Waals surface area contributed by atoms with E-state index >= 15 is 0 Å². The Hall–Kier alpha value is -1.12. The first-order valence-corrected chi connectivity index (χ1v) is 3.49. The van der Waals surface area contributed by atoms with Gasteiger partial charge in [0.1, 0.15) is 0 Å². The van der Waals surface area contributed by atoms with Gasteiger partial charge in [-0.25, -0.2) is 4.79 Å². The molecule has 0 bridgehead atoms. The third kappa shape index (κ3) is 3.55. The van der Waals surface area contributed by atoms with Crippen molar-refractivity contribution < 1.29 is 9.53 Å². The van der Waals surface area contributed by atoms with Crippen LogP contribution in [0.3, 0.4) is 0 Å². The molecule has 0 aromatic heterocycles. The molecule has 0 aliphatic rings. The van der Waals surface area contributed by atoms with Gasteiger partial charge in [0.05, 0.1) is 11.7 Å². The molecule has 0 saturated carbocycles. The van der Waals surface area contributed by atoms with Crippen LogP contribution in [0.15, 0.2) is 11.6 Å². The highest BCUT2D eigenvalue weighted by Gasteiger charge is 2.08. The van der Waals surface area contributed by atoms with E-state index in [-0.39, 0.29) is 6.10 Å². The molecular weight excluding hydrogens is 142 g/mol.